The van der Waals surface area contributed by atoms with Gasteiger partial charge in [-0.3, -0.25) is 19.4 Å². The smallest absolute Gasteiger partial charge is 0.305 e. The molecule has 0 amide bonds. The van der Waals surface area contributed by atoms with Crippen molar-refractivity contribution in [3.63, 3.8) is 0 Å². The average Bonchev–Trinajstić information content (AvgIpc) is 2.67. The summed E-state index contributed by atoms with van der Waals surface area (Å²) in [5.74, 6) is -1.91. The van der Waals surface area contributed by atoms with Gasteiger partial charge in [-0.25, -0.2) is 0 Å². The van der Waals surface area contributed by atoms with Gasteiger partial charge >= 0.3 is 5.97 Å². The largest absolute Gasteiger partial charge is 0.466 e. The number of pyridine rings is 1. The van der Waals surface area contributed by atoms with E-state index >= 15 is 0 Å². The van der Waals surface area contributed by atoms with Crippen molar-refractivity contribution >= 4 is 17.5 Å². The van der Waals surface area contributed by atoms with E-state index < -0.39 is 11.9 Å². The third-order valence-corrected chi connectivity index (χ3v) is 4.82. The van der Waals surface area contributed by atoms with E-state index in [0.717, 1.165) is 31.2 Å². The molecular weight excluding hydrogens is 346 g/mol. The van der Waals surface area contributed by atoms with Gasteiger partial charge in [-0.15, -0.1) is 0 Å². The van der Waals surface area contributed by atoms with E-state index in [1.165, 1.54) is 12.6 Å². The molecule has 0 N–H and O–H groups in total. The number of carbonyl (C=O) groups excluding carboxylic acids is 3. The first kappa shape index (κ1) is 21.2. The predicted molar refractivity (Wildman–Crippen MR) is 100 cm³/mol. The minimum absolute atomic E-state index is 0.0264. The van der Waals surface area contributed by atoms with Gasteiger partial charge in [0.05, 0.1) is 18.6 Å². The number of nitrogens with zero attached hydrogens (tertiary/aromatic N) is 1. The van der Waals surface area contributed by atoms with E-state index in [1.807, 2.05) is 6.92 Å². The second-order valence-electron chi connectivity index (χ2n) is 7.05. The Morgan fingerprint density at radius 1 is 1.19 bits per heavy atom. The number of aryl methyl sites for hydroxylation is 1. The van der Waals surface area contributed by atoms with Crippen molar-refractivity contribution in [3.05, 3.63) is 29.6 Å². The van der Waals surface area contributed by atoms with Crippen LogP contribution in [0.25, 0.3) is 0 Å². The molecule has 1 unspecified atom stereocenters. The molecule has 0 bridgehead atoms. The van der Waals surface area contributed by atoms with Crippen molar-refractivity contribution in [1.82, 2.24) is 4.98 Å². The van der Waals surface area contributed by atoms with E-state index in [-0.39, 0.29) is 43.7 Å². The Bertz CT molecular complexity index is 652. The third-order valence-electron chi connectivity index (χ3n) is 4.82. The van der Waals surface area contributed by atoms with Crippen molar-refractivity contribution < 1.29 is 23.9 Å². The van der Waals surface area contributed by atoms with Gasteiger partial charge in [0.15, 0.2) is 11.6 Å². The molecular formula is C21H29NO5. The molecule has 1 fully saturated rings. The average molecular weight is 375 g/mol. The molecule has 1 heterocycles. The number of ether oxygens (including phenoxy) is 2. The summed E-state index contributed by atoms with van der Waals surface area (Å²) in [7, 11) is 0. The first-order valence-electron chi connectivity index (χ1n) is 9.77. The van der Waals surface area contributed by atoms with Crippen LogP contribution in [0.4, 0.5) is 0 Å². The van der Waals surface area contributed by atoms with E-state index in [9.17, 15) is 14.4 Å². The van der Waals surface area contributed by atoms with Crippen LogP contribution >= 0.6 is 0 Å². The first-order valence-corrected chi connectivity index (χ1v) is 9.77. The summed E-state index contributed by atoms with van der Waals surface area (Å²) in [6, 6.07) is 1.71. The van der Waals surface area contributed by atoms with Crippen LogP contribution in [0.3, 0.4) is 0 Å². The quantitative estimate of drug-likeness (QED) is 0.354. The summed E-state index contributed by atoms with van der Waals surface area (Å²) in [6.07, 6.45) is 8.68. The maximum Gasteiger partial charge on any atom is 0.305 e. The van der Waals surface area contributed by atoms with Gasteiger partial charge < -0.3 is 9.47 Å². The zero-order valence-corrected chi connectivity index (χ0v) is 16.2. The molecule has 1 atom stereocenters. The Morgan fingerprint density at radius 3 is 2.59 bits per heavy atom. The van der Waals surface area contributed by atoms with Gasteiger partial charge in [-0.1, -0.05) is 19.3 Å². The van der Waals surface area contributed by atoms with Gasteiger partial charge in [-0.05, 0) is 44.7 Å². The normalized spacial score (nSPS) is 15.9. The van der Waals surface area contributed by atoms with Crippen LogP contribution in [0.5, 0.6) is 0 Å². The van der Waals surface area contributed by atoms with E-state index in [4.69, 9.17) is 9.47 Å². The van der Waals surface area contributed by atoms with Gasteiger partial charge in [0.2, 0.25) is 0 Å². The highest BCUT2D eigenvalue weighted by Crippen LogP contribution is 2.22. The van der Waals surface area contributed by atoms with Gasteiger partial charge in [0, 0.05) is 24.4 Å². The number of hydrogen-bond acceptors (Lipinski definition) is 6. The second kappa shape index (κ2) is 10.9. The van der Waals surface area contributed by atoms with Crippen molar-refractivity contribution in [2.75, 3.05) is 13.2 Å². The maximum atomic E-state index is 12.9. The maximum absolute atomic E-state index is 12.9. The fourth-order valence-corrected chi connectivity index (χ4v) is 3.36. The van der Waals surface area contributed by atoms with Gasteiger partial charge in [-0.2, -0.15) is 0 Å². The highest BCUT2D eigenvalue weighted by Gasteiger charge is 2.29. The Morgan fingerprint density at radius 2 is 1.93 bits per heavy atom. The SMILES string of the molecule is CCOC(=O)CCC(C(=O)COC1CCCCC1)C(=O)c1cncc(C)c1. The summed E-state index contributed by atoms with van der Waals surface area (Å²) in [5, 5.41) is 0. The number of carbonyl (C=O) groups is 3. The summed E-state index contributed by atoms with van der Waals surface area (Å²) < 4.78 is 10.7. The topological polar surface area (TPSA) is 82.6 Å². The van der Waals surface area contributed by atoms with Crippen LogP contribution in [0.1, 0.15) is 67.8 Å². The minimum atomic E-state index is -0.915. The highest BCUT2D eigenvalue weighted by atomic mass is 16.5. The summed E-state index contributed by atoms with van der Waals surface area (Å²) in [6.45, 7) is 3.74. The monoisotopic (exact) mass is 375 g/mol. The molecule has 0 aliphatic heterocycles. The number of aromatic nitrogens is 1. The fraction of sp³-hybridized carbons (Fsp3) is 0.619. The Kier molecular flexibility index (Phi) is 8.58. The third kappa shape index (κ3) is 6.86. The standard InChI is InChI=1S/C21H29NO5/c1-3-26-20(24)10-9-18(21(25)16-11-15(2)12-22-13-16)19(23)14-27-17-7-5-4-6-8-17/h11-13,17-18H,3-10,14H2,1-2H3. The van der Waals surface area contributed by atoms with Crippen LogP contribution in [-0.2, 0) is 19.1 Å². The minimum Gasteiger partial charge on any atom is -0.466 e. The van der Waals surface area contributed by atoms with Crippen LogP contribution in [0.2, 0.25) is 0 Å². The highest BCUT2D eigenvalue weighted by molar-refractivity contribution is 6.11. The van der Waals surface area contributed by atoms with Crippen molar-refractivity contribution in [2.45, 2.75) is 64.9 Å². The number of Topliss-reactive ketones (excluding diaryl/α,β-unsaturated/α-hetero) is 2. The molecule has 1 aliphatic rings. The summed E-state index contributed by atoms with van der Waals surface area (Å²) in [4.78, 5) is 41.4. The molecule has 2 rings (SSSR count). The molecule has 0 saturated heterocycles. The molecule has 0 spiro atoms. The van der Waals surface area contributed by atoms with E-state index in [0.29, 0.717) is 5.56 Å². The molecule has 6 nitrogen and oxygen atoms in total. The molecule has 1 aromatic rings. The Labute approximate surface area is 160 Å². The summed E-state index contributed by atoms with van der Waals surface area (Å²) in [5.41, 5.74) is 1.23. The molecule has 1 saturated carbocycles. The molecule has 148 valence electrons. The number of hydrogen-bond donors (Lipinski definition) is 0. The number of esters is 1. The molecule has 0 aromatic carbocycles. The molecule has 0 radical (unpaired) electrons. The summed E-state index contributed by atoms with van der Waals surface area (Å²) >= 11 is 0. The van der Waals surface area contributed by atoms with E-state index in [1.54, 1.807) is 19.2 Å². The zero-order chi connectivity index (χ0) is 19.6. The van der Waals surface area contributed by atoms with Crippen molar-refractivity contribution in [2.24, 2.45) is 5.92 Å². The zero-order valence-electron chi connectivity index (χ0n) is 16.2. The van der Waals surface area contributed by atoms with Gasteiger partial charge in [0.1, 0.15) is 6.61 Å². The Hall–Kier alpha value is -2.08. The number of rotatable bonds is 10. The Balaban J connectivity index is 2.04. The van der Waals surface area contributed by atoms with Crippen LogP contribution in [-0.4, -0.2) is 41.8 Å². The van der Waals surface area contributed by atoms with Gasteiger partial charge in [0.25, 0.3) is 0 Å². The lowest BCUT2D eigenvalue weighted by Crippen LogP contribution is -2.31. The van der Waals surface area contributed by atoms with Crippen molar-refractivity contribution in [1.29, 1.82) is 0 Å². The fourth-order valence-electron chi connectivity index (χ4n) is 3.36. The predicted octanol–water partition coefficient (Wildman–Crippen LogP) is 3.45. The van der Waals surface area contributed by atoms with Crippen molar-refractivity contribution in [3.8, 4) is 0 Å². The van der Waals surface area contributed by atoms with Crippen LogP contribution in [0, 0.1) is 12.8 Å². The lowest BCUT2D eigenvalue weighted by molar-refractivity contribution is -0.143. The first-order chi connectivity index (χ1) is 13.0. The van der Waals surface area contributed by atoms with Crippen LogP contribution in [0.15, 0.2) is 18.5 Å². The molecule has 6 heteroatoms. The van der Waals surface area contributed by atoms with E-state index in [2.05, 4.69) is 4.98 Å². The lowest BCUT2D eigenvalue weighted by Gasteiger charge is -2.23. The van der Waals surface area contributed by atoms with Crippen LogP contribution < -0.4 is 0 Å². The lowest BCUT2D eigenvalue weighted by atomic mass is 9.90. The molecule has 1 aliphatic carbocycles. The number of ketones is 2. The molecule has 27 heavy (non-hydrogen) atoms. The molecule has 1 aromatic heterocycles. The second-order valence-corrected chi connectivity index (χ2v) is 7.05.